The minimum Gasteiger partial charge on any atom is -0.493 e. The molecular formula is C20H18N2O4. The highest BCUT2D eigenvalue weighted by Gasteiger charge is 2.07. The molecule has 2 aromatic carbocycles. The topological polar surface area (TPSA) is 84.5 Å². The number of nitriles is 2. The van der Waals surface area contributed by atoms with Crippen molar-refractivity contribution in [1.29, 1.82) is 10.5 Å². The lowest BCUT2D eigenvalue weighted by atomic mass is 10.1. The van der Waals surface area contributed by atoms with Gasteiger partial charge in [0.15, 0.2) is 23.0 Å². The first kappa shape index (κ1) is 18.7. The van der Waals surface area contributed by atoms with E-state index in [1.807, 2.05) is 36.4 Å². The molecule has 0 heterocycles. The summed E-state index contributed by atoms with van der Waals surface area (Å²) in [6, 6.07) is 16.2. The Balaban J connectivity index is 1.98. The van der Waals surface area contributed by atoms with Crippen LogP contribution in [-0.4, -0.2) is 27.4 Å². The van der Waals surface area contributed by atoms with E-state index in [2.05, 4.69) is 0 Å². The minimum atomic E-state index is 0.0194. The van der Waals surface area contributed by atoms with Gasteiger partial charge < -0.3 is 18.9 Å². The number of allylic oxidation sites excluding steroid dienone is 1. The molecule has 0 N–H and O–H groups in total. The quantitative estimate of drug-likeness (QED) is 0.534. The molecule has 2 aromatic rings. The summed E-state index contributed by atoms with van der Waals surface area (Å²) in [6.07, 6.45) is 1.48. The van der Waals surface area contributed by atoms with E-state index in [0.717, 1.165) is 0 Å². The maximum absolute atomic E-state index is 8.82. The average Bonchev–Trinajstić information content (AvgIpc) is 2.70. The van der Waals surface area contributed by atoms with E-state index in [9.17, 15) is 0 Å². The van der Waals surface area contributed by atoms with Crippen molar-refractivity contribution < 1.29 is 18.9 Å². The molecule has 0 spiro atoms. The number of hydrogen-bond acceptors (Lipinski definition) is 6. The highest BCUT2D eigenvalue weighted by atomic mass is 16.5. The van der Waals surface area contributed by atoms with Gasteiger partial charge in [0.1, 0.15) is 30.9 Å². The van der Waals surface area contributed by atoms with E-state index < -0.39 is 0 Å². The van der Waals surface area contributed by atoms with Crippen molar-refractivity contribution in [3.05, 3.63) is 53.6 Å². The van der Waals surface area contributed by atoms with Gasteiger partial charge in [-0.1, -0.05) is 18.2 Å². The van der Waals surface area contributed by atoms with E-state index in [1.165, 1.54) is 13.2 Å². The largest absolute Gasteiger partial charge is 0.493 e. The molecule has 0 aromatic heterocycles. The third-order valence-corrected chi connectivity index (χ3v) is 3.41. The fourth-order valence-electron chi connectivity index (χ4n) is 2.19. The molecule has 0 aliphatic rings. The zero-order valence-corrected chi connectivity index (χ0v) is 14.6. The number of nitrogens with zero attached hydrogens (tertiary/aromatic N) is 2. The van der Waals surface area contributed by atoms with Crippen LogP contribution in [0.15, 0.2) is 48.0 Å². The number of methoxy groups -OCH3 is 2. The lowest BCUT2D eigenvalue weighted by Crippen LogP contribution is -2.10. The van der Waals surface area contributed by atoms with E-state index in [-0.39, 0.29) is 5.57 Å². The molecule has 6 nitrogen and oxygen atoms in total. The Morgan fingerprint density at radius 3 is 2.00 bits per heavy atom. The molecule has 26 heavy (non-hydrogen) atoms. The molecule has 0 aliphatic carbocycles. The van der Waals surface area contributed by atoms with Gasteiger partial charge in [0.05, 0.1) is 14.2 Å². The second-order valence-corrected chi connectivity index (χ2v) is 5.04. The van der Waals surface area contributed by atoms with E-state index in [0.29, 0.717) is 41.8 Å². The van der Waals surface area contributed by atoms with Crippen LogP contribution < -0.4 is 18.9 Å². The summed E-state index contributed by atoms with van der Waals surface area (Å²) in [5.74, 6) is 2.36. The standard InChI is InChI=1S/C20H18N2O4/c1-23-17-5-3-4-6-18(17)25-9-10-26-19-8-7-15(12-20(19)24-2)11-16(13-21)14-22/h3-8,11-12H,9-10H2,1-2H3. The zero-order chi connectivity index (χ0) is 18.8. The molecular weight excluding hydrogens is 332 g/mol. The normalized spacial score (nSPS) is 9.38. The lowest BCUT2D eigenvalue weighted by molar-refractivity contribution is 0.206. The van der Waals surface area contributed by atoms with Crippen molar-refractivity contribution in [2.45, 2.75) is 0 Å². The van der Waals surface area contributed by atoms with Gasteiger partial charge in [-0.3, -0.25) is 0 Å². The average molecular weight is 350 g/mol. The van der Waals surface area contributed by atoms with Crippen LogP contribution in [0.4, 0.5) is 0 Å². The zero-order valence-electron chi connectivity index (χ0n) is 14.6. The van der Waals surface area contributed by atoms with Crippen LogP contribution in [-0.2, 0) is 0 Å². The van der Waals surface area contributed by atoms with Crippen LogP contribution in [0.5, 0.6) is 23.0 Å². The summed E-state index contributed by atoms with van der Waals surface area (Å²) in [5.41, 5.74) is 0.698. The van der Waals surface area contributed by atoms with E-state index in [4.69, 9.17) is 29.5 Å². The van der Waals surface area contributed by atoms with Crippen LogP contribution >= 0.6 is 0 Å². The molecule has 0 bridgehead atoms. The predicted molar refractivity (Wildman–Crippen MR) is 96.2 cm³/mol. The number of benzene rings is 2. The molecule has 132 valence electrons. The smallest absolute Gasteiger partial charge is 0.161 e. The Labute approximate surface area is 152 Å². The van der Waals surface area contributed by atoms with Gasteiger partial charge in [0.25, 0.3) is 0 Å². The third-order valence-electron chi connectivity index (χ3n) is 3.41. The van der Waals surface area contributed by atoms with E-state index >= 15 is 0 Å². The third kappa shape index (κ3) is 4.93. The highest BCUT2D eigenvalue weighted by molar-refractivity contribution is 5.64. The van der Waals surface area contributed by atoms with Crippen LogP contribution in [0.2, 0.25) is 0 Å². The molecule has 0 atom stereocenters. The molecule has 0 fully saturated rings. The van der Waals surface area contributed by atoms with Gasteiger partial charge in [0.2, 0.25) is 0 Å². The fourth-order valence-corrected chi connectivity index (χ4v) is 2.19. The number of rotatable bonds is 8. The minimum absolute atomic E-state index is 0.0194. The van der Waals surface area contributed by atoms with Crippen LogP contribution in [0.3, 0.4) is 0 Å². The first-order valence-corrected chi connectivity index (χ1v) is 7.80. The molecule has 0 saturated heterocycles. The van der Waals surface area contributed by atoms with Crippen LogP contribution in [0, 0.1) is 22.7 Å². The van der Waals surface area contributed by atoms with Crippen molar-refractivity contribution >= 4 is 6.08 Å². The molecule has 0 amide bonds. The summed E-state index contributed by atoms with van der Waals surface area (Å²) < 4.78 is 21.9. The van der Waals surface area contributed by atoms with Crippen molar-refractivity contribution in [2.75, 3.05) is 27.4 Å². The Bertz CT molecular complexity index is 847. The molecule has 0 aliphatic heterocycles. The summed E-state index contributed by atoms with van der Waals surface area (Å²) in [6.45, 7) is 0.642. The van der Waals surface area contributed by atoms with Crippen molar-refractivity contribution in [3.8, 4) is 35.1 Å². The SMILES string of the molecule is COc1ccccc1OCCOc1ccc(C=C(C#N)C#N)cc1OC. The highest BCUT2D eigenvalue weighted by Crippen LogP contribution is 2.29. The summed E-state index contributed by atoms with van der Waals surface area (Å²) in [7, 11) is 3.11. The Morgan fingerprint density at radius 1 is 0.846 bits per heavy atom. The monoisotopic (exact) mass is 350 g/mol. The molecule has 2 rings (SSSR count). The molecule has 0 unspecified atom stereocenters. The summed E-state index contributed by atoms with van der Waals surface area (Å²) >= 11 is 0. The van der Waals surface area contributed by atoms with Crippen molar-refractivity contribution in [3.63, 3.8) is 0 Å². The second kappa shape index (κ2) is 9.61. The van der Waals surface area contributed by atoms with E-state index in [1.54, 1.807) is 25.3 Å². The Morgan fingerprint density at radius 2 is 1.42 bits per heavy atom. The summed E-state index contributed by atoms with van der Waals surface area (Å²) in [5, 5.41) is 17.6. The predicted octanol–water partition coefficient (Wildman–Crippen LogP) is 3.59. The lowest BCUT2D eigenvalue weighted by Gasteiger charge is -2.13. The van der Waals surface area contributed by atoms with Gasteiger partial charge in [-0.25, -0.2) is 0 Å². The molecule has 0 radical (unpaired) electrons. The first-order chi connectivity index (χ1) is 12.7. The van der Waals surface area contributed by atoms with Gasteiger partial charge in [0, 0.05) is 0 Å². The second-order valence-electron chi connectivity index (χ2n) is 5.04. The van der Waals surface area contributed by atoms with Crippen molar-refractivity contribution in [1.82, 2.24) is 0 Å². The summed E-state index contributed by atoms with van der Waals surface area (Å²) in [4.78, 5) is 0. The van der Waals surface area contributed by atoms with Gasteiger partial charge >= 0.3 is 0 Å². The van der Waals surface area contributed by atoms with Crippen LogP contribution in [0.1, 0.15) is 5.56 Å². The number of para-hydroxylation sites is 2. The number of hydrogen-bond donors (Lipinski definition) is 0. The van der Waals surface area contributed by atoms with Crippen LogP contribution in [0.25, 0.3) is 6.08 Å². The number of ether oxygens (including phenoxy) is 4. The first-order valence-electron chi connectivity index (χ1n) is 7.80. The van der Waals surface area contributed by atoms with Gasteiger partial charge in [-0.15, -0.1) is 0 Å². The van der Waals surface area contributed by atoms with Gasteiger partial charge in [-0.2, -0.15) is 10.5 Å². The fraction of sp³-hybridized carbons (Fsp3) is 0.200. The molecule has 0 saturated carbocycles. The maximum Gasteiger partial charge on any atom is 0.161 e. The Kier molecular flexibility index (Phi) is 6.91. The molecule has 6 heteroatoms. The van der Waals surface area contributed by atoms with Crippen molar-refractivity contribution in [2.24, 2.45) is 0 Å². The Hall–Kier alpha value is -3.64. The maximum atomic E-state index is 8.82. The van der Waals surface area contributed by atoms with Gasteiger partial charge in [-0.05, 0) is 35.9 Å².